The molecule has 0 aliphatic heterocycles. The molecule has 0 aliphatic rings. The summed E-state index contributed by atoms with van der Waals surface area (Å²) >= 11 is 4.50. The second-order valence-corrected chi connectivity index (χ2v) is 2.39. The number of hydrogen-bond acceptors (Lipinski definition) is 1. The summed E-state index contributed by atoms with van der Waals surface area (Å²) < 4.78 is 3.72. The van der Waals surface area contributed by atoms with E-state index in [9.17, 15) is 0 Å². The molecule has 14 heavy (non-hydrogen) atoms. The van der Waals surface area contributed by atoms with E-state index in [1.54, 1.807) is 0 Å². The van der Waals surface area contributed by atoms with Crippen LogP contribution in [0.3, 0.4) is 0 Å². The summed E-state index contributed by atoms with van der Waals surface area (Å²) in [6.07, 6.45) is 0. The zero-order valence-electron chi connectivity index (χ0n) is 8.06. The molecule has 0 aromatic heterocycles. The summed E-state index contributed by atoms with van der Waals surface area (Å²) in [5, 5.41) is 0. The molecule has 0 aliphatic carbocycles. The fraction of sp³-hybridized carbons (Fsp3) is 0.0909. The molecular formula is C11H13ClOTi. The van der Waals surface area contributed by atoms with Crippen molar-refractivity contribution in [1.82, 2.24) is 0 Å². The zero-order chi connectivity index (χ0) is 9.78. The van der Waals surface area contributed by atoms with Crippen LogP contribution in [0.15, 0.2) is 60.7 Å². The minimum absolute atomic E-state index is 0. The molecule has 2 rings (SSSR count). The van der Waals surface area contributed by atoms with Crippen molar-refractivity contribution in [2.75, 3.05) is 7.11 Å². The molecular weight excluding hydrogens is 231 g/mol. The first-order chi connectivity index (χ1) is 6.41. The molecule has 3 heteroatoms. The van der Waals surface area contributed by atoms with Crippen molar-refractivity contribution in [1.29, 1.82) is 0 Å². The minimum atomic E-state index is 0. The van der Waals surface area contributed by atoms with Gasteiger partial charge in [-0.3, -0.25) is 4.29 Å². The van der Waals surface area contributed by atoms with E-state index in [0.717, 1.165) is 0 Å². The maximum atomic E-state index is 4.50. The minimum Gasteiger partial charge on any atom is -0.283 e. The Balaban J connectivity index is 0. The molecule has 0 saturated heterocycles. The van der Waals surface area contributed by atoms with Crippen LogP contribution >= 0.6 is 11.9 Å². The van der Waals surface area contributed by atoms with Crippen LogP contribution in [0.5, 0.6) is 0 Å². The Bertz CT molecular complexity index is 167. The van der Waals surface area contributed by atoms with Crippen LogP contribution < -0.4 is 0 Å². The third-order valence-corrected chi connectivity index (χ3v) is 1.11. The number of hydrogen-bond donors (Lipinski definition) is 0. The van der Waals surface area contributed by atoms with Crippen molar-refractivity contribution < 1.29 is 26.0 Å². The topological polar surface area (TPSA) is 9.23 Å². The van der Waals surface area contributed by atoms with Crippen LogP contribution in [0, 0.1) is 0 Å². The Labute approximate surface area is 105 Å². The molecule has 1 nitrogen and oxygen atoms in total. The molecule has 0 amide bonds. The third kappa shape index (κ3) is 14.2. The maximum Gasteiger partial charge on any atom is 2.00 e. The van der Waals surface area contributed by atoms with E-state index in [-0.39, 0.29) is 21.7 Å². The smallest absolute Gasteiger partial charge is 0.283 e. The summed E-state index contributed by atoms with van der Waals surface area (Å²) in [6, 6.07) is 20.0. The summed E-state index contributed by atoms with van der Waals surface area (Å²) in [5.74, 6) is 0. The van der Waals surface area contributed by atoms with E-state index in [1.165, 1.54) is 7.11 Å². The van der Waals surface area contributed by atoms with Gasteiger partial charge in [0.25, 0.3) is 0 Å². The van der Waals surface area contributed by atoms with Gasteiger partial charge in [0.1, 0.15) is 0 Å². The average molecular weight is 245 g/mol. The van der Waals surface area contributed by atoms with Crippen LogP contribution in [0.2, 0.25) is 0 Å². The van der Waals surface area contributed by atoms with E-state index < -0.39 is 0 Å². The van der Waals surface area contributed by atoms with Crippen molar-refractivity contribution in [2.45, 2.75) is 0 Å². The summed E-state index contributed by atoms with van der Waals surface area (Å²) in [6.45, 7) is 0. The Kier molecular flexibility index (Phi) is 17.4. The predicted octanol–water partition coefficient (Wildman–Crippen LogP) is 3.60. The van der Waals surface area contributed by atoms with Gasteiger partial charge in [-0.2, -0.15) is 36.4 Å². The van der Waals surface area contributed by atoms with Gasteiger partial charge < -0.3 is 0 Å². The number of rotatable bonds is 0. The largest absolute Gasteiger partial charge is 2.00 e. The molecule has 0 spiro atoms. The Morgan fingerprint density at radius 1 is 0.857 bits per heavy atom. The van der Waals surface area contributed by atoms with Crippen molar-refractivity contribution >= 4 is 11.9 Å². The van der Waals surface area contributed by atoms with Gasteiger partial charge in [-0.1, -0.05) is 0 Å². The fourth-order valence-electron chi connectivity index (χ4n) is 0.642. The Hall–Kier alpha value is -0.336. The van der Waals surface area contributed by atoms with Gasteiger partial charge in [0.2, 0.25) is 0 Å². The third-order valence-electron chi connectivity index (χ3n) is 1.11. The monoisotopic (exact) mass is 244 g/mol. The van der Waals surface area contributed by atoms with Crippen molar-refractivity contribution in [3.63, 3.8) is 0 Å². The summed E-state index contributed by atoms with van der Waals surface area (Å²) in [7, 11) is 1.39. The second kappa shape index (κ2) is 15.2. The maximum absolute atomic E-state index is 4.50. The molecule has 0 N–H and O–H groups in total. The van der Waals surface area contributed by atoms with Crippen LogP contribution in [0.25, 0.3) is 0 Å². The molecule has 74 valence electrons. The van der Waals surface area contributed by atoms with E-state index in [0.29, 0.717) is 0 Å². The van der Waals surface area contributed by atoms with Gasteiger partial charge >= 0.3 is 21.7 Å². The fourth-order valence-corrected chi connectivity index (χ4v) is 0.642. The molecule has 0 bridgehead atoms. The molecule has 2 aromatic carbocycles. The van der Waals surface area contributed by atoms with E-state index in [4.69, 9.17) is 0 Å². The van der Waals surface area contributed by atoms with Gasteiger partial charge in [0.05, 0.1) is 19.0 Å². The van der Waals surface area contributed by atoms with Crippen molar-refractivity contribution in [3.05, 3.63) is 60.7 Å². The molecule has 2 aromatic rings. The Morgan fingerprint density at radius 2 is 1.07 bits per heavy atom. The quantitative estimate of drug-likeness (QED) is 0.508. The van der Waals surface area contributed by atoms with Gasteiger partial charge in [-0.05, 0) is 0 Å². The first-order valence-electron chi connectivity index (χ1n) is 3.90. The SMILES string of the molecule is COCl.[Ti+2].c1cc[cH-]c1.c1cc[cH-]c1. The van der Waals surface area contributed by atoms with Gasteiger partial charge in [-0.25, -0.2) is 24.3 Å². The van der Waals surface area contributed by atoms with Crippen LogP contribution in [0.1, 0.15) is 0 Å². The predicted molar refractivity (Wildman–Crippen MR) is 56.9 cm³/mol. The van der Waals surface area contributed by atoms with Gasteiger partial charge in [0.15, 0.2) is 0 Å². The van der Waals surface area contributed by atoms with Gasteiger partial charge in [-0.15, -0.1) is 0 Å². The van der Waals surface area contributed by atoms with Crippen LogP contribution in [-0.2, 0) is 26.0 Å². The zero-order valence-corrected chi connectivity index (χ0v) is 10.4. The molecule has 0 heterocycles. The van der Waals surface area contributed by atoms with Crippen LogP contribution in [0.4, 0.5) is 0 Å². The van der Waals surface area contributed by atoms with Gasteiger partial charge in [0, 0.05) is 0 Å². The second-order valence-electron chi connectivity index (χ2n) is 2.08. The average Bonchev–Trinajstić information content (AvgIpc) is 2.85. The standard InChI is InChI=1S/2C5H5.CH3ClO.Ti/c2*1-2-4-5-3-1;1-3-2;/h2*1-5H;1H3;/q2*-1;;+2. The number of halogens is 1. The van der Waals surface area contributed by atoms with E-state index in [1.807, 2.05) is 60.7 Å². The molecule has 0 saturated carbocycles. The molecule has 0 radical (unpaired) electrons. The van der Waals surface area contributed by atoms with Crippen molar-refractivity contribution in [3.8, 4) is 0 Å². The van der Waals surface area contributed by atoms with E-state index >= 15 is 0 Å². The normalized spacial score (nSPS) is 7.00. The first kappa shape index (κ1) is 16.1. The van der Waals surface area contributed by atoms with E-state index in [2.05, 4.69) is 16.2 Å². The van der Waals surface area contributed by atoms with Crippen LogP contribution in [-0.4, -0.2) is 7.11 Å². The molecule has 0 fully saturated rings. The summed E-state index contributed by atoms with van der Waals surface area (Å²) in [5.41, 5.74) is 0. The van der Waals surface area contributed by atoms with Crippen molar-refractivity contribution in [2.24, 2.45) is 0 Å². The Morgan fingerprint density at radius 3 is 1.14 bits per heavy atom. The summed E-state index contributed by atoms with van der Waals surface area (Å²) in [4.78, 5) is 0. The first-order valence-corrected chi connectivity index (χ1v) is 4.20. The molecule has 0 unspecified atom stereocenters. The molecule has 0 atom stereocenters.